The monoisotopic (exact) mass is 497 g/mol. The van der Waals surface area contributed by atoms with Crippen LogP contribution in [0.4, 0.5) is 5.69 Å². The summed E-state index contributed by atoms with van der Waals surface area (Å²) in [5.74, 6) is -0.469. The quantitative estimate of drug-likeness (QED) is 0.459. The Hall–Kier alpha value is -3.64. The first kappa shape index (κ1) is 25.0. The Bertz CT molecular complexity index is 1140. The van der Waals surface area contributed by atoms with Crippen LogP contribution in [-0.4, -0.2) is 65.2 Å². The molecule has 6 heteroatoms. The van der Waals surface area contributed by atoms with Gasteiger partial charge in [-0.05, 0) is 49.1 Å². The number of anilines is 1. The van der Waals surface area contributed by atoms with Crippen molar-refractivity contribution in [3.05, 3.63) is 102 Å². The molecule has 0 unspecified atom stereocenters. The molecule has 3 aromatic rings. The summed E-state index contributed by atoms with van der Waals surface area (Å²) in [5, 5.41) is 9.19. The van der Waals surface area contributed by atoms with Crippen LogP contribution in [0.25, 0.3) is 0 Å². The number of carbonyl (C=O) groups is 2. The lowest BCUT2D eigenvalue weighted by atomic mass is 9.84. The van der Waals surface area contributed by atoms with Crippen LogP contribution < -0.4 is 4.90 Å². The third-order valence-electron chi connectivity index (χ3n) is 8.00. The molecule has 0 saturated carbocycles. The number of hydrogen-bond acceptors (Lipinski definition) is 4. The lowest BCUT2D eigenvalue weighted by Gasteiger charge is -2.43. The lowest BCUT2D eigenvalue weighted by molar-refractivity contribution is -0.138. The minimum absolute atomic E-state index is 0.0308. The van der Waals surface area contributed by atoms with E-state index in [4.69, 9.17) is 0 Å². The van der Waals surface area contributed by atoms with E-state index in [1.54, 1.807) is 4.90 Å². The van der Waals surface area contributed by atoms with Gasteiger partial charge in [0.05, 0.1) is 13.1 Å². The minimum atomic E-state index is -0.874. The standard InChI is InChI=1S/C31H35N3O3/c35-29(36)17-21-33-24-34(27-14-8-3-9-15-27)31(30(33)37)18-22-32(23-19-31)20-16-28(25-10-4-1-5-11-25)26-12-6-2-7-13-26/h1-15,28H,16-24H2,(H,35,36). The molecule has 1 spiro atoms. The number of carbonyl (C=O) groups excluding carboxylic acids is 1. The van der Waals surface area contributed by atoms with Gasteiger partial charge in [0.1, 0.15) is 5.54 Å². The number of piperidine rings is 1. The second-order valence-electron chi connectivity index (χ2n) is 10.2. The Labute approximate surface area is 219 Å². The predicted octanol–water partition coefficient (Wildman–Crippen LogP) is 4.82. The average Bonchev–Trinajstić information content (AvgIpc) is 3.21. The van der Waals surface area contributed by atoms with Crippen LogP contribution in [0.2, 0.25) is 0 Å². The predicted molar refractivity (Wildman–Crippen MR) is 146 cm³/mol. The largest absolute Gasteiger partial charge is 0.481 e. The van der Waals surface area contributed by atoms with E-state index in [1.165, 1.54) is 11.1 Å². The summed E-state index contributed by atoms with van der Waals surface area (Å²) >= 11 is 0. The first-order valence-corrected chi connectivity index (χ1v) is 13.2. The molecule has 192 valence electrons. The first-order chi connectivity index (χ1) is 18.1. The molecule has 0 aromatic heterocycles. The number of carboxylic acids is 1. The van der Waals surface area contributed by atoms with E-state index in [1.807, 2.05) is 30.3 Å². The molecule has 0 radical (unpaired) electrons. The molecule has 1 amide bonds. The summed E-state index contributed by atoms with van der Waals surface area (Å²) in [4.78, 5) is 31.3. The van der Waals surface area contributed by atoms with Crippen LogP contribution in [0.5, 0.6) is 0 Å². The number of carboxylic acid groups (broad SMARTS) is 1. The van der Waals surface area contributed by atoms with Crippen LogP contribution in [0.1, 0.15) is 42.7 Å². The lowest BCUT2D eigenvalue weighted by Crippen LogP contribution is -2.56. The molecule has 3 aromatic carbocycles. The van der Waals surface area contributed by atoms with E-state index < -0.39 is 11.5 Å². The summed E-state index contributed by atoms with van der Waals surface area (Å²) in [6, 6.07) is 31.5. The van der Waals surface area contributed by atoms with Crippen molar-refractivity contribution in [2.24, 2.45) is 0 Å². The highest BCUT2D eigenvalue weighted by molar-refractivity contribution is 5.93. The summed E-state index contributed by atoms with van der Waals surface area (Å²) in [6.45, 7) is 3.35. The van der Waals surface area contributed by atoms with Crippen LogP contribution in [0.15, 0.2) is 91.0 Å². The second-order valence-corrected chi connectivity index (χ2v) is 10.2. The number of benzene rings is 3. The first-order valence-electron chi connectivity index (χ1n) is 13.2. The van der Waals surface area contributed by atoms with Crippen molar-refractivity contribution < 1.29 is 14.7 Å². The third kappa shape index (κ3) is 5.39. The summed E-state index contributed by atoms with van der Waals surface area (Å²) in [6.07, 6.45) is 2.47. The van der Waals surface area contributed by atoms with Crippen molar-refractivity contribution in [3.8, 4) is 0 Å². The third-order valence-corrected chi connectivity index (χ3v) is 8.00. The number of nitrogens with zero attached hydrogens (tertiary/aromatic N) is 3. The van der Waals surface area contributed by atoms with Crippen LogP contribution >= 0.6 is 0 Å². The van der Waals surface area contributed by atoms with Gasteiger partial charge < -0.3 is 19.8 Å². The topological polar surface area (TPSA) is 64.1 Å². The zero-order valence-corrected chi connectivity index (χ0v) is 21.2. The molecule has 6 nitrogen and oxygen atoms in total. The van der Waals surface area contributed by atoms with E-state index in [0.29, 0.717) is 12.6 Å². The molecule has 0 atom stereocenters. The molecule has 0 bridgehead atoms. The molecular weight excluding hydrogens is 462 g/mol. The molecule has 2 aliphatic heterocycles. The fourth-order valence-corrected chi connectivity index (χ4v) is 5.96. The average molecular weight is 498 g/mol. The minimum Gasteiger partial charge on any atom is -0.481 e. The van der Waals surface area contributed by atoms with Crippen LogP contribution in [0.3, 0.4) is 0 Å². The highest BCUT2D eigenvalue weighted by Crippen LogP contribution is 2.40. The van der Waals surface area contributed by atoms with Crippen molar-refractivity contribution >= 4 is 17.6 Å². The maximum Gasteiger partial charge on any atom is 0.305 e. The number of likely N-dealkylation sites (tertiary alicyclic amines) is 1. The van der Waals surface area contributed by atoms with Crippen molar-refractivity contribution in [2.75, 3.05) is 37.7 Å². The van der Waals surface area contributed by atoms with Gasteiger partial charge >= 0.3 is 5.97 Å². The Balaban J connectivity index is 1.29. The van der Waals surface area contributed by atoms with Crippen molar-refractivity contribution in [1.82, 2.24) is 9.80 Å². The van der Waals surface area contributed by atoms with Crippen molar-refractivity contribution in [2.45, 2.75) is 37.1 Å². The van der Waals surface area contributed by atoms with Gasteiger partial charge in [0, 0.05) is 31.2 Å². The molecule has 2 fully saturated rings. The number of amides is 1. The maximum absolute atomic E-state index is 13.7. The summed E-state index contributed by atoms with van der Waals surface area (Å²) in [7, 11) is 0. The molecule has 2 heterocycles. The Morgan fingerprint density at radius 3 is 1.89 bits per heavy atom. The van der Waals surface area contributed by atoms with Crippen LogP contribution in [-0.2, 0) is 9.59 Å². The Morgan fingerprint density at radius 2 is 1.35 bits per heavy atom. The number of hydrogen-bond donors (Lipinski definition) is 1. The normalized spacial score (nSPS) is 17.6. The van der Waals surface area contributed by atoms with Gasteiger partial charge in [0.2, 0.25) is 5.91 Å². The highest BCUT2D eigenvalue weighted by atomic mass is 16.4. The van der Waals surface area contributed by atoms with Gasteiger partial charge in [-0.2, -0.15) is 0 Å². The number of rotatable bonds is 9. The molecule has 1 N–H and O–H groups in total. The highest BCUT2D eigenvalue weighted by Gasteiger charge is 2.53. The number of para-hydroxylation sites is 1. The summed E-state index contributed by atoms with van der Waals surface area (Å²) in [5.41, 5.74) is 3.08. The van der Waals surface area contributed by atoms with E-state index in [9.17, 15) is 14.7 Å². The smallest absolute Gasteiger partial charge is 0.305 e. The van der Waals surface area contributed by atoms with E-state index in [2.05, 4.69) is 70.5 Å². The molecule has 2 aliphatic rings. The van der Waals surface area contributed by atoms with E-state index >= 15 is 0 Å². The molecule has 0 aliphatic carbocycles. The molecule has 5 rings (SSSR count). The van der Waals surface area contributed by atoms with Gasteiger partial charge in [-0.3, -0.25) is 9.59 Å². The van der Waals surface area contributed by atoms with Gasteiger partial charge in [-0.1, -0.05) is 78.9 Å². The fraction of sp³-hybridized carbons (Fsp3) is 0.355. The molecular formula is C31H35N3O3. The van der Waals surface area contributed by atoms with Gasteiger partial charge in [0.25, 0.3) is 0 Å². The Kier molecular flexibility index (Phi) is 7.56. The number of aliphatic carboxylic acids is 1. The van der Waals surface area contributed by atoms with Crippen molar-refractivity contribution in [3.63, 3.8) is 0 Å². The fourth-order valence-electron chi connectivity index (χ4n) is 5.96. The zero-order valence-electron chi connectivity index (χ0n) is 21.2. The van der Waals surface area contributed by atoms with Crippen molar-refractivity contribution in [1.29, 1.82) is 0 Å². The second kappa shape index (κ2) is 11.2. The van der Waals surface area contributed by atoms with Gasteiger partial charge in [0.15, 0.2) is 0 Å². The SMILES string of the molecule is O=C(O)CCN1CN(c2ccccc2)C2(CCN(CCC(c3ccccc3)c3ccccc3)CC2)C1=O. The molecule has 37 heavy (non-hydrogen) atoms. The van der Waals surface area contributed by atoms with E-state index in [-0.39, 0.29) is 18.9 Å². The molecule has 2 saturated heterocycles. The van der Waals surface area contributed by atoms with Crippen LogP contribution in [0, 0.1) is 0 Å². The zero-order chi connectivity index (χ0) is 25.7. The van der Waals surface area contributed by atoms with E-state index in [0.717, 1.165) is 44.6 Å². The maximum atomic E-state index is 13.7. The summed E-state index contributed by atoms with van der Waals surface area (Å²) < 4.78 is 0. The van der Waals surface area contributed by atoms with Gasteiger partial charge in [-0.15, -0.1) is 0 Å². The Morgan fingerprint density at radius 1 is 0.811 bits per heavy atom. The van der Waals surface area contributed by atoms with Gasteiger partial charge in [-0.25, -0.2) is 0 Å².